The summed E-state index contributed by atoms with van der Waals surface area (Å²) < 4.78 is 24.7. The third-order valence-corrected chi connectivity index (χ3v) is 8.56. The molecule has 7 heteroatoms. The molecule has 0 atom stereocenters. The number of sulfone groups is 1. The molecule has 2 aliphatic rings. The first-order chi connectivity index (χ1) is 15.8. The van der Waals surface area contributed by atoms with Crippen LogP contribution in [0.1, 0.15) is 60.9 Å². The highest BCUT2D eigenvalue weighted by atomic mass is 32.2. The number of anilines is 1. The predicted molar refractivity (Wildman–Crippen MR) is 129 cm³/mol. The Morgan fingerprint density at radius 2 is 1.55 bits per heavy atom. The number of amides is 2. The second-order valence-electron chi connectivity index (χ2n) is 9.38. The summed E-state index contributed by atoms with van der Waals surface area (Å²) in [6, 6.07) is 13.9. The highest BCUT2D eigenvalue weighted by Gasteiger charge is 2.29. The van der Waals surface area contributed by atoms with E-state index < -0.39 is 9.84 Å². The number of hydrogen-bond donors (Lipinski definition) is 1. The van der Waals surface area contributed by atoms with Crippen LogP contribution in [0.2, 0.25) is 0 Å². The molecular formula is C26H32N2O4S. The van der Waals surface area contributed by atoms with Crippen LogP contribution in [0.4, 0.5) is 5.69 Å². The number of carbonyl (C=O) groups is 2. The Labute approximate surface area is 196 Å². The van der Waals surface area contributed by atoms with Crippen molar-refractivity contribution in [3.05, 3.63) is 59.7 Å². The molecule has 0 aliphatic heterocycles. The molecule has 2 aromatic carbocycles. The van der Waals surface area contributed by atoms with Gasteiger partial charge in [0.15, 0.2) is 9.84 Å². The predicted octanol–water partition coefficient (Wildman–Crippen LogP) is 4.46. The van der Waals surface area contributed by atoms with Crippen LogP contribution >= 0.6 is 0 Å². The van der Waals surface area contributed by atoms with Gasteiger partial charge in [0.25, 0.3) is 5.91 Å². The topological polar surface area (TPSA) is 83.6 Å². The summed E-state index contributed by atoms with van der Waals surface area (Å²) in [6.07, 6.45) is 7.84. The fourth-order valence-electron chi connectivity index (χ4n) is 4.43. The number of carbonyl (C=O) groups excluding carboxylic acids is 2. The number of rotatable bonds is 8. The molecule has 0 aromatic heterocycles. The van der Waals surface area contributed by atoms with E-state index in [0.717, 1.165) is 31.2 Å². The Kier molecular flexibility index (Phi) is 7.17. The molecule has 6 nitrogen and oxygen atoms in total. The monoisotopic (exact) mass is 468 g/mol. The van der Waals surface area contributed by atoms with Crippen LogP contribution in [-0.2, 0) is 21.1 Å². The summed E-state index contributed by atoms with van der Waals surface area (Å²) in [7, 11) is -1.38. The zero-order valence-corrected chi connectivity index (χ0v) is 19.9. The standard InChI is InChI=1S/C26H32N2O4S/c1-28(23-5-3-2-4-6-23)26(30)21-11-13-22(14-12-21)27-25(29)17-19-9-15-24(16-10-19)33(31,32)18-20-7-8-20/h9-16,20,23H,2-8,17-18H2,1H3,(H,27,29). The fraction of sp³-hybridized carbons (Fsp3) is 0.462. The minimum Gasteiger partial charge on any atom is -0.339 e. The van der Waals surface area contributed by atoms with Crippen molar-refractivity contribution in [3.63, 3.8) is 0 Å². The first kappa shape index (κ1) is 23.5. The lowest BCUT2D eigenvalue weighted by Crippen LogP contribution is -2.38. The van der Waals surface area contributed by atoms with Gasteiger partial charge in [-0.15, -0.1) is 0 Å². The lowest BCUT2D eigenvalue weighted by Gasteiger charge is -2.31. The van der Waals surface area contributed by atoms with Gasteiger partial charge >= 0.3 is 0 Å². The fourth-order valence-corrected chi connectivity index (χ4v) is 6.13. The van der Waals surface area contributed by atoms with Crippen LogP contribution in [-0.4, -0.2) is 44.0 Å². The number of nitrogens with one attached hydrogen (secondary N) is 1. The molecule has 0 radical (unpaired) electrons. The third kappa shape index (κ3) is 6.22. The van der Waals surface area contributed by atoms with E-state index in [1.54, 1.807) is 48.5 Å². The Hall–Kier alpha value is -2.67. The Balaban J connectivity index is 1.30. The van der Waals surface area contributed by atoms with E-state index >= 15 is 0 Å². The summed E-state index contributed by atoms with van der Waals surface area (Å²) in [4.78, 5) is 27.4. The molecule has 0 heterocycles. The lowest BCUT2D eigenvalue weighted by atomic mass is 9.94. The van der Waals surface area contributed by atoms with E-state index in [4.69, 9.17) is 0 Å². The molecule has 2 fully saturated rings. The summed E-state index contributed by atoms with van der Waals surface area (Å²) in [6.45, 7) is 0. The molecule has 33 heavy (non-hydrogen) atoms. The second kappa shape index (κ2) is 10.1. The second-order valence-corrected chi connectivity index (χ2v) is 11.4. The first-order valence-corrected chi connectivity index (χ1v) is 13.5. The van der Waals surface area contributed by atoms with Gasteiger partial charge in [-0.25, -0.2) is 8.42 Å². The minimum absolute atomic E-state index is 0.0107. The molecule has 2 amide bonds. The van der Waals surface area contributed by atoms with Crippen LogP contribution in [0, 0.1) is 5.92 Å². The number of benzene rings is 2. The zero-order valence-electron chi connectivity index (χ0n) is 19.1. The van der Waals surface area contributed by atoms with E-state index in [0.29, 0.717) is 28.1 Å². The van der Waals surface area contributed by atoms with Crippen molar-refractivity contribution >= 4 is 27.3 Å². The van der Waals surface area contributed by atoms with E-state index in [2.05, 4.69) is 5.32 Å². The van der Waals surface area contributed by atoms with Gasteiger partial charge in [-0.05, 0) is 73.6 Å². The van der Waals surface area contributed by atoms with Crippen LogP contribution in [0.5, 0.6) is 0 Å². The molecule has 176 valence electrons. The molecule has 0 unspecified atom stereocenters. The maximum Gasteiger partial charge on any atom is 0.253 e. The molecule has 2 aromatic rings. The van der Waals surface area contributed by atoms with Gasteiger partial charge in [-0.1, -0.05) is 31.4 Å². The first-order valence-electron chi connectivity index (χ1n) is 11.8. The Morgan fingerprint density at radius 1 is 0.909 bits per heavy atom. The van der Waals surface area contributed by atoms with Gasteiger partial charge in [0, 0.05) is 24.3 Å². The van der Waals surface area contributed by atoms with Gasteiger partial charge in [0.1, 0.15) is 0 Å². The average molecular weight is 469 g/mol. The van der Waals surface area contributed by atoms with Crippen molar-refractivity contribution < 1.29 is 18.0 Å². The van der Waals surface area contributed by atoms with Gasteiger partial charge in [0.2, 0.25) is 5.91 Å². The Bertz CT molecular complexity index is 1080. The van der Waals surface area contributed by atoms with E-state index in [1.165, 1.54) is 19.3 Å². The zero-order chi connectivity index (χ0) is 23.4. The van der Waals surface area contributed by atoms with Crippen molar-refractivity contribution in [2.75, 3.05) is 18.1 Å². The van der Waals surface area contributed by atoms with Crippen molar-refractivity contribution in [2.45, 2.75) is 62.3 Å². The molecule has 4 rings (SSSR count). The smallest absolute Gasteiger partial charge is 0.253 e. The lowest BCUT2D eigenvalue weighted by molar-refractivity contribution is -0.115. The summed E-state index contributed by atoms with van der Waals surface area (Å²) in [5.74, 6) is 0.329. The maximum atomic E-state index is 12.8. The van der Waals surface area contributed by atoms with E-state index in [1.807, 2.05) is 11.9 Å². The molecule has 2 aliphatic carbocycles. The maximum absolute atomic E-state index is 12.8. The van der Waals surface area contributed by atoms with Gasteiger partial charge in [-0.2, -0.15) is 0 Å². The van der Waals surface area contributed by atoms with Gasteiger partial charge < -0.3 is 10.2 Å². The largest absolute Gasteiger partial charge is 0.339 e. The molecular weight excluding hydrogens is 436 g/mol. The number of hydrogen-bond acceptors (Lipinski definition) is 4. The quantitative estimate of drug-likeness (QED) is 0.620. The molecule has 0 spiro atoms. The van der Waals surface area contributed by atoms with Crippen LogP contribution in [0.3, 0.4) is 0 Å². The highest BCUT2D eigenvalue weighted by molar-refractivity contribution is 7.91. The van der Waals surface area contributed by atoms with Crippen molar-refractivity contribution in [1.82, 2.24) is 4.90 Å². The summed E-state index contributed by atoms with van der Waals surface area (Å²) in [5.41, 5.74) is 1.99. The molecule has 0 bridgehead atoms. The van der Waals surface area contributed by atoms with Gasteiger partial charge in [-0.3, -0.25) is 9.59 Å². The summed E-state index contributed by atoms with van der Waals surface area (Å²) in [5, 5.41) is 2.85. The van der Waals surface area contributed by atoms with Crippen LogP contribution < -0.4 is 5.32 Å². The van der Waals surface area contributed by atoms with Crippen molar-refractivity contribution in [3.8, 4) is 0 Å². The van der Waals surface area contributed by atoms with Crippen LogP contribution in [0.25, 0.3) is 0 Å². The summed E-state index contributed by atoms with van der Waals surface area (Å²) >= 11 is 0. The molecule has 0 saturated heterocycles. The number of nitrogens with zero attached hydrogens (tertiary/aromatic N) is 1. The Morgan fingerprint density at radius 3 is 2.15 bits per heavy atom. The van der Waals surface area contributed by atoms with E-state index in [-0.39, 0.29) is 24.0 Å². The van der Waals surface area contributed by atoms with Gasteiger partial charge in [0.05, 0.1) is 17.1 Å². The minimum atomic E-state index is -3.25. The van der Waals surface area contributed by atoms with Crippen molar-refractivity contribution in [2.24, 2.45) is 5.92 Å². The average Bonchev–Trinajstić information content (AvgIpc) is 3.63. The normalized spacial score (nSPS) is 16.9. The van der Waals surface area contributed by atoms with E-state index in [9.17, 15) is 18.0 Å². The molecule has 1 N–H and O–H groups in total. The van der Waals surface area contributed by atoms with Crippen LogP contribution in [0.15, 0.2) is 53.4 Å². The third-order valence-electron chi connectivity index (χ3n) is 6.66. The molecule has 2 saturated carbocycles. The SMILES string of the molecule is CN(C(=O)c1ccc(NC(=O)Cc2ccc(S(=O)(=O)CC3CC3)cc2)cc1)C1CCCCC1. The van der Waals surface area contributed by atoms with Crippen molar-refractivity contribution in [1.29, 1.82) is 0 Å². The highest BCUT2D eigenvalue weighted by Crippen LogP contribution is 2.32.